The highest BCUT2D eigenvalue weighted by atomic mass is 35.5. The molecule has 0 unspecified atom stereocenters. The van der Waals surface area contributed by atoms with Gasteiger partial charge in [-0.15, -0.1) is 0 Å². The Morgan fingerprint density at radius 2 is 1.45 bits per heavy atom. The van der Waals surface area contributed by atoms with Crippen molar-refractivity contribution in [2.24, 2.45) is 5.92 Å². The number of likely N-dealkylation sites (tertiary alicyclic amines) is 1. The van der Waals surface area contributed by atoms with Crippen LogP contribution in [0, 0.1) is 5.92 Å². The molecule has 3 rings (SSSR count). The van der Waals surface area contributed by atoms with Gasteiger partial charge >= 0.3 is 0 Å². The summed E-state index contributed by atoms with van der Waals surface area (Å²) in [5.41, 5.74) is 0. The van der Waals surface area contributed by atoms with Gasteiger partial charge in [-0.1, -0.05) is 23.2 Å². The number of ether oxygens (including phenoxy) is 2. The van der Waals surface area contributed by atoms with Crippen LogP contribution in [0.3, 0.4) is 0 Å². The van der Waals surface area contributed by atoms with E-state index in [0.29, 0.717) is 29.7 Å². The number of benzene rings is 2. The van der Waals surface area contributed by atoms with Crippen LogP contribution in [0.1, 0.15) is 25.7 Å². The highest BCUT2D eigenvalue weighted by Crippen LogP contribution is 2.22. The monoisotopic (exact) mass is 435 g/mol. The van der Waals surface area contributed by atoms with Gasteiger partial charge in [-0.05, 0) is 86.8 Å². The van der Waals surface area contributed by atoms with E-state index in [9.17, 15) is 4.79 Å². The summed E-state index contributed by atoms with van der Waals surface area (Å²) >= 11 is 11.7. The first-order valence-corrected chi connectivity index (χ1v) is 10.8. The second kappa shape index (κ2) is 11.4. The molecule has 0 amide bonds. The van der Waals surface area contributed by atoms with Crippen LogP contribution in [0.5, 0.6) is 11.5 Å². The second-order valence-corrected chi connectivity index (χ2v) is 8.30. The fourth-order valence-electron chi connectivity index (χ4n) is 3.50. The minimum atomic E-state index is 0.129. The maximum Gasteiger partial charge on any atom is 0.170 e. The molecule has 0 aliphatic carbocycles. The summed E-state index contributed by atoms with van der Waals surface area (Å²) in [5, 5.41) is 1.38. The lowest BCUT2D eigenvalue weighted by Crippen LogP contribution is -2.35. The fraction of sp³-hybridized carbons (Fsp3) is 0.435. The first-order valence-electron chi connectivity index (χ1n) is 10.1. The quantitative estimate of drug-likeness (QED) is 0.461. The van der Waals surface area contributed by atoms with Crippen LogP contribution < -0.4 is 9.47 Å². The van der Waals surface area contributed by atoms with Crippen LogP contribution >= 0.6 is 23.2 Å². The minimum Gasteiger partial charge on any atom is -0.494 e. The molecule has 1 aliphatic rings. The van der Waals surface area contributed by atoms with Crippen molar-refractivity contribution in [3.63, 3.8) is 0 Å². The molecule has 156 valence electrons. The van der Waals surface area contributed by atoms with Gasteiger partial charge in [0, 0.05) is 23.0 Å². The van der Waals surface area contributed by atoms with Crippen molar-refractivity contribution in [3.8, 4) is 11.5 Å². The van der Waals surface area contributed by atoms with Crippen LogP contribution in [0.15, 0.2) is 48.5 Å². The van der Waals surface area contributed by atoms with Crippen LogP contribution in [0.2, 0.25) is 10.0 Å². The number of nitrogens with zero attached hydrogens (tertiary/aromatic N) is 1. The maximum atomic E-state index is 12.2. The Morgan fingerprint density at radius 1 is 0.897 bits per heavy atom. The molecule has 0 aromatic heterocycles. The molecular formula is C23H27Cl2NO3. The van der Waals surface area contributed by atoms with Gasteiger partial charge in [0.2, 0.25) is 0 Å². The molecule has 0 atom stereocenters. The summed E-state index contributed by atoms with van der Waals surface area (Å²) in [7, 11) is 0. The first kappa shape index (κ1) is 21.9. The predicted molar refractivity (Wildman–Crippen MR) is 117 cm³/mol. The summed E-state index contributed by atoms with van der Waals surface area (Å²) in [4.78, 5) is 14.7. The Labute approximate surface area is 182 Å². The summed E-state index contributed by atoms with van der Waals surface area (Å²) in [6.45, 7) is 3.92. The molecule has 0 radical (unpaired) electrons. The zero-order valence-corrected chi connectivity index (χ0v) is 18.0. The average Bonchev–Trinajstić information content (AvgIpc) is 2.73. The number of carbonyl (C=O) groups is 1. The number of ketones is 1. The maximum absolute atomic E-state index is 12.2. The summed E-state index contributed by atoms with van der Waals surface area (Å²) < 4.78 is 11.3. The van der Waals surface area contributed by atoms with E-state index in [2.05, 4.69) is 4.90 Å². The van der Waals surface area contributed by atoms with Gasteiger partial charge in [-0.25, -0.2) is 0 Å². The highest BCUT2D eigenvalue weighted by molar-refractivity contribution is 6.30. The Kier molecular flexibility index (Phi) is 8.66. The molecule has 29 heavy (non-hydrogen) atoms. The third kappa shape index (κ3) is 7.88. The van der Waals surface area contributed by atoms with E-state index in [1.807, 2.05) is 24.3 Å². The average molecular weight is 436 g/mol. The van der Waals surface area contributed by atoms with Gasteiger partial charge in [-0.2, -0.15) is 0 Å². The molecule has 0 N–H and O–H groups in total. The van der Waals surface area contributed by atoms with E-state index in [-0.39, 0.29) is 12.4 Å². The van der Waals surface area contributed by atoms with Crippen molar-refractivity contribution < 1.29 is 14.3 Å². The van der Waals surface area contributed by atoms with Gasteiger partial charge in [-0.3, -0.25) is 4.79 Å². The van der Waals surface area contributed by atoms with Crippen LogP contribution in [0.4, 0.5) is 0 Å². The van der Waals surface area contributed by atoms with Gasteiger partial charge < -0.3 is 14.4 Å². The normalized spacial score (nSPS) is 15.2. The largest absolute Gasteiger partial charge is 0.494 e. The smallest absolute Gasteiger partial charge is 0.170 e. The number of Topliss-reactive ketones (excluding diaryl/α,β-unsaturated/α-hetero) is 1. The van der Waals surface area contributed by atoms with Gasteiger partial charge in [0.15, 0.2) is 5.78 Å². The van der Waals surface area contributed by atoms with Crippen molar-refractivity contribution in [1.82, 2.24) is 4.90 Å². The van der Waals surface area contributed by atoms with Crippen molar-refractivity contribution in [1.29, 1.82) is 0 Å². The number of halogens is 2. The molecule has 0 saturated carbocycles. The lowest BCUT2D eigenvalue weighted by atomic mass is 9.92. The standard InChI is InChI=1S/C23H27Cl2NO3/c24-19-2-6-22(7-3-19)28-15-1-12-26-13-10-18(11-14-26)16-21(27)17-29-23-8-4-20(25)5-9-23/h2-9,18H,1,10-17H2. The summed E-state index contributed by atoms with van der Waals surface area (Å²) in [5.74, 6) is 2.15. The molecule has 2 aromatic rings. The van der Waals surface area contributed by atoms with Crippen molar-refractivity contribution >= 4 is 29.0 Å². The van der Waals surface area contributed by atoms with E-state index in [1.54, 1.807) is 24.3 Å². The van der Waals surface area contributed by atoms with Crippen LogP contribution in [0.25, 0.3) is 0 Å². The zero-order chi connectivity index (χ0) is 20.5. The number of carbonyl (C=O) groups excluding carboxylic acids is 1. The number of piperidine rings is 1. The van der Waals surface area contributed by atoms with E-state index in [1.165, 1.54) is 0 Å². The first-order chi connectivity index (χ1) is 14.1. The van der Waals surface area contributed by atoms with E-state index < -0.39 is 0 Å². The molecule has 1 aliphatic heterocycles. The van der Waals surface area contributed by atoms with Crippen LogP contribution in [-0.4, -0.2) is 43.5 Å². The Balaban J connectivity index is 1.26. The molecule has 1 fully saturated rings. The Hall–Kier alpha value is -1.75. The molecule has 4 nitrogen and oxygen atoms in total. The Morgan fingerprint density at radius 3 is 2.03 bits per heavy atom. The van der Waals surface area contributed by atoms with Crippen molar-refractivity contribution in [2.75, 3.05) is 32.8 Å². The molecule has 1 heterocycles. The molecule has 0 bridgehead atoms. The summed E-state index contributed by atoms with van der Waals surface area (Å²) in [6.07, 6.45) is 3.71. The van der Waals surface area contributed by atoms with E-state index in [0.717, 1.165) is 49.7 Å². The number of hydrogen-bond donors (Lipinski definition) is 0. The van der Waals surface area contributed by atoms with E-state index >= 15 is 0 Å². The molecular weight excluding hydrogens is 409 g/mol. The zero-order valence-electron chi connectivity index (χ0n) is 16.5. The third-order valence-corrected chi connectivity index (χ3v) is 5.64. The highest BCUT2D eigenvalue weighted by Gasteiger charge is 2.21. The number of hydrogen-bond acceptors (Lipinski definition) is 4. The number of rotatable bonds is 10. The molecule has 2 aromatic carbocycles. The van der Waals surface area contributed by atoms with Crippen LogP contribution in [-0.2, 0) is 4.79 Å². The second-order valence-electron chi connectivity index (χ2n) is 7.43. The third-order valence-electron chi connectivity index (χ3n) is 5.14. The summed E-state index contributed by atoms with van der Waals surface area (Å²) in [6, 6.07) is 14.5. The molecule has 0 spiro atoms. The topological polar surface area (TPSA) is 38.8 Å². The van der Waals surface area contributed by atoms with Gasteiger partial charge in [0.1, 0.15) is 18.1 Å². The molecule has 1 saturated heterocycles. The van der Waals surface area contributed by atoms with E-state index in [4.69, 9.17) is 32.7 Å². The molecule has 6 heteroatoms. The lowest BCUT2D eigenvalue weighted by molar-refractivity contribution is -0.122. The lowest BCUT2D eigenvalue weighted by Gasteiger charge is -2.31. The van der Waals surface area contributed by atoms with Crippen molar-refractivity contribution in [3.05, 3.63) is 58.6 Å². The van der Waals surface area contributed by atoms with Gasteiger partial charge in [0.25, 0.3) is 0 Å². The SMILES string of the molecule is O=C(COc1ccc(Cl)cc1)CC1CCN(CCCOc2ccc(Cl)cc2)CC1. The Bertz CT molecular complexity index is 757. The fourth-order valence-corrected chi connectivity index (χ4v) is 3.75. The van der Waals surface area contributed by atoms with Gasteiger partial charge in [0.05, 0.1) is 6.61 Å². The minimum absolute atomic E-state index is 0.129. The predicted octanol–water partition coefficient (Wildman–Crippen LogP) is 5.51. The van der Waals surface area contributed by atoms with Crippen molar-refractivity contribution in [2.45, 2.75) is 25.7 Å².